The van der Waals surface area contributed by atoms with E-state index >= 15 is 0 Å². The van der Waals surface area contributed by atoms with Crippen LogP contribution >= 0.6 is 0 Å². The molecule has 5 fully saturated rings. The van der Waals surface area contributed by atoms with E-state index in [0.29, 0.717) is 24.7 Å². The van der Waals surface area contributed by atoms with Crippen LogP contribution in [0.3, 0.4) is 0 Å². The molecule has 5 rings (SSSR count). The highest BCUT2D eigenvalue weighted by Crippen LogP contribution is 2.70. The van der Waals surface area contributed by atoms with Crippen LogP contribution < -0.4 is 0 Å². The van der Waals surface area contributed by atoms with E-state index in [9.17, 15) is 14.7 Å². The van der Waals surface area contributed by atoms with Crippen LogP contribution in [0.1, 0.15) is 65.2 Å². The standard InChI is InChI=1S/C19H28O3/c1-17(11-20)5-3-6-18(2)15(17)4-7-19-9-13(21)12(8-16(18)19)14(22)10-19/h12,15-16,20H,3-11H2,1-2H3. The smallest absolute Gasteiger partial charge is 0.143 e. The minimum atomic E-state index is -0.301. The SMILES string of the molecule is CC1(CO)CCCC2(C)C1CCC13CC(=O)C(CC12)C(=O)C3. The lowest BCUT2D eigenvalue weighted by atomic mass is 9.37. The first-order chi connectivity index (χ1) is 10.3. The molecule has 0 heterocycles. The second kappa shape index (κ2) is 4.43. The van der Waals surface area contributed by atoms with Crippen molar-refractivity contribution in [1.29, 1.82) is 0 Å². The van der Waals surface area contributed by atoms with E-state index in [4.69, 9.17) is 0 Å². The van der Waals surface area contributed by atoms with Gasteiger partial charge in [-0.1, -0.05) is 20.3 Å². The van der Waals surface area contributed by atoms with Crippen LogP contribution in [0.25, 0.3) is 0 Å². The Hall–Kier alpha value is -0.700. The van der Waals surface area contributed by atoms with Crippen LogP contribution in [0.4, 0.5) is 0 Å². The Kier molecular flexibility index (Phi) is 3.00. The molecule has 5 aliphatic rings. The zero-order valence-corrected chi connectivity index (χ0v) is 13.9. The zero-order chi connectivity index (χ0) is 15.8. The number of hydrogen-bond donors (Lipinski definition) is 1. The lowest BCUT2D eigenvalue weighted by Gasteiger charge is -2.66. The molecule has 2 bridgehead atoms. The zero-order valence-electron chi connectivity index (χ0n) is 13.9. The molecule has 0 saturated heterocycles. The Bertz CT molecular complexity index is 521. The minimum Gasteiger partial charge on any atom is -0.396 e. The summed E-state index contributed by atoms with van der Waals surface area (Å²) in [4.78, 5) is 24.6. The molecular formula is C19H28O3. The third-order valence-corrected chi connectivity index (χ3v) is 8.23. The predicted molar refractivity (Wildman–Crippen MR) is 83.2 cm³/mol. The van der Waals surface area contributed by atoms with E-state index in [1.807, 2.05) is 0 Å². The molecule has 1 spiro atoms. The first-order valence-electron chi connectivity index (χ1n) is 9.01. The number of hydrogen-bond acceptors (Lipinski definition) is 3. The summed E-state index contributed by atoms with van der Waals surface area (Å²) in [7, 11) is 0. The van der Waals surface area contributed by atoms with Crippen LogP contribution in [0, 0.1) is 34.0 Å². The molecule has 0 aromatic rings. The molecule has 0 aromatic heterocycles. The Morgan fingerprint density at radius 1 is 1.05 bits per heavy atom. The summed E-state index contributed by atoms with van der Waals surface area (Å²) in [6.45, 7) is 4.94. The van der Waals surface area contributed by atoms with Gasteiger partial charge in [0, 0.05) is 19.4 Å². The average Bonchev–Trinajstić information content (AvgIpc) is 2.45. The van der Waals surface area contributed by atoms with Crippen LogP contribution in [0.5, 0.6) is 0 Å². The van der Waals surface area contributed by atoms with Gasteiger partial charge in [-0.05, 0) is 60.2 Å². The highest BCUT2D eigenvalue weighted by molar-refractivity contribution is 6.06. The summed E-state index contributed by atoms with van der Waals surface area (Å²) in [5, 5.41) is 10.0. The number of aliphatic hydroxyl groups excluding tert-OH is 1. The van der Waals surface area contributed by atoms with E-state index in [2.05, 4.69) is 13.8 Å². The number of ketones is 2. The highest BCUT2D eigenvalue weighted by Gasteiger charge is 2.66. The normalized spacial score (nSPS) is 54.0. The van der Waals surface area contributed by atoms with Gasteiger partial charge < -0.3 is 5.11 Å². The molecule has 0 aliphatic heterocycles. The van der Waals surface area contributed by atoms with Crippen molar-refractivity contribution in [2.24, 2.45) is 34.0 Å². The van der Waals surface area contributed by atoms with Crippen LogP contribution in [-0.4, -0.2) is 23.3 Å². The Balaban J connectivity index is 1.75. The third kappa shape index (κ3) is 1.67. The number of fused-ring (bicyclic) bond motifs is 3. The van der Waals surface area contributed by atoms with Gasteiger partial charge in [-0.2, -0.15) is 0 Å². The van der Waals surface area contributed by atoms with Gasteiger partial charge in [-0.3, -0.25) is 9.59 Å². The molecule has 5 aliphatic carbocycles. The second-order valence-corrected chi connectivity index (χ2v) is 9.25. The van der Waals surface area contributed by atoms with Crippen molar-refractivity contribution in [3.05, 3.63) is 0 Å². The van der Waals surface area contributed by atoms with E-state index < -0.39 is 0 Å². The molecule has 3 nitrogen and oxygen atoms in total. The number of rotatable bonds is 1. The van der Waals surface area contributed by atoms with Gasteiger partial charge in [0.05, 0.1) is 5.92 Å². The van der Waals surface area contributed by atoms with Gasteiger partial charge in [-0.15, -0.1) is 0 Å². The van der Waals surface area contributed by atoms with Gasteiger partial charge in [-0.25, -0.2) is 0 Å². The molecule has 0 aromatic carbocycles. The lowest BCUT2D eigenvalue weighted by Crippen LogP contribution is -2.63. The van der Waals surface area contributed by atoms with Gasteiger partial charge in [0.25, 0.3) is 0 Å². The molecule has 4 unspecified atom stereocenters. The molecule has 0 radical (unpaired) electrons. The van der Waals surface area contributed by atoms with Gasteiger partial charge in [0.15, 0.2) is 0 Å². The van der Waals surface area contributed by atoms with Gasteiger partial charge in [0.1, 0.15) is 11.6 Å². The Morgan fingerprint density at radius 3 is 2.36 bits per heavy atom. The molecule has 0 amide bonds. The number of carbonyl (C=O) groups is 2. The van der Waals surface area contributed by atoms with Crippen molar-refractivity contribution in [3.63, 3.8) is 0 Å². The van der Waals surface area contributed by atoms with Crippen molar-refractivity contribution in [3.8, 4) is 0 Å². The van der Waals surface area contributed by atoms with Gasteiger partial charge >= 0.3 is 0 Å². The van der Waals surface area contributed by atoms with Crippen LogP contribution in [0.2, 0.25) is 0 Å². The molecule has 22 heavy (non-hydrogen) atoms. The average molecular weight is 304 g/mol. The first kappa shape index (κ1) is 14.9. The van der Waals surface area contributed by atoms with Crippen molar-refractivity contribution in [1.82, 2.24) is 0 Å². The van der Waals surface area contributed by atoms with Crippen molar-refractivity contribution < 1.29 is 14.7 Å². The first-order valence-corrected chi connectivity index (χ1v) is 9.01. The van der Waals surface area contributed by atoms with E-state index in [-0.39, 0.29) is 40.3 Å². The highest BCUT2D eigenvalue weighted by atomic mass is 16.3. The molecule has 122 valence electrons. The molecule has 1 N–H and O–H groups in total. The molecule has 5 saturated carbocycles. The van der Waals surface area contributed by atoms with E-state index in [1.165, 1.54) is 12.8 Å². The lowest BCUT2D eigenvalue weighted by molar-refractivity contribution is -0.191. The minimum absolute atomic E-state index is 0.0271. The molecule has 4 atom stereocenters. The Morgan fingerprint density at radius 2 is 1.73 bits per heavy atom. The Labute approximate surface area is 132 Å². The summed E-state index contributed by atoms with van der Waals surface area (Å²) in [6.07, 6.45) is 7.67. The third-order valence-electron chi connectivity index (χ3n) is 8.23. The van der Waals surface area contributed by atoms with E-state index in [1.54, 1.807) is 0 Å². The number of carbonyl (C=O) groups excluding carboxylic acids is 2. The van der Waals surface area contributed by atoms with Gasteiger partial charge in [0.2, 0.25) is 0 Å². The van der Waals surface area contributed by atoms with Crippen molar-refractivity contribution in [2.75, 3.05) is 6.61 Å². The topological polar surface area (TPSA) is 54.4 Å². The summed E-state index contributed by atoms with van der Waals surface area (Å²) >= 11 is 0. The monoisotopic (exact) mass is 304 g/mol. The van der Waals surface area contributed by atoms with E-state index in [0.717, 1.165) is 25.7 Å². The molecule has 3 heteroatoms. The second-order valence-electron chi connectivity index (χ2n) is 9.25. The number of aliphatic hydroxyl groups is 1. The van der Waals surface area contributed by atoms with Crippen molar-refractivity contribution in [2.45, 2.75) is 65.2 Å². The van der Waals surface area contributed by atoms with Crippen LogP contribution in [0.15, 0.2) is 0 Å². The summed E-state index contributed by atoms with van der Waals surface area (Å²) in [5.41, 5.74) is 0.189. The maximum absolute atomic E-state index is 12.3. The fourth-order valence-electron chi connectivity index (χ4n) is 7.23. The quantitative estimate of drug-likeness (QED) is 0.757. The van der Waals surface area contributed by atoms with Crippen LogP contribution in [-0.2, 0) is 9.59 Å². The summed E-state index contributed by atoms with van der Waals surface area (Å²) < 4.78 is 0. The summed E-state index contributed by atoms with van der Waals surface area (Å²) in [6, 6.07) is 0. The number of Topliss-reactive ketones (excluding diaryl/α,β-unsaturated/α-hetero) is 2. The van der Waals surface area contributed by atoms with Crippen molar-refractivity contribution >= 4 is 11.6 Å². The maximum atomic E-state index is 12.3. The predicted octanol–water partition coefficient (Wildman–Crippen LogP) is 3.14. The fraction of sp³-hybridized carbons (Fsp3) is 0.895. The summed E-state index contributed by atoms with van der Waals surface area (Å²) in [5.74, 6) is 1.18. The fourth-order valence-corrected chi connectivity index (χ4v) is 7.23. The molecular weight excluding hydrogens is 276 g/mol. The maximum Gasteiger partial charge on any atom is 0.143 e. The largest absolute Gasteiger partial charge is 0.396 e.